The van der Waals surface area contributed by atoms with Crippen LogP contribution >= 0.6 is 23.2 Å². The van der Waals surface area contributed by atoms with Crippen LogP contribution in [0.1, 0.15) is 38.9 Å². The van der Waals surface area contributed by atoms with Gasteiger partial charge in [-0.1, -0.05) is 64.8 Å². The lowest BCUT2D eigenvalue weighted by Crippen LogP contribution is -2.41. The molecule has 1 atom stereocenters. The maximum Gasteiger partial charge on any atom is 0.260 e. The molecule has 0 bridgehead atoms. The molecule has 1 aliphatic rings. The largest absolute Gasteiger partial charge is 0.493 e. The molecule has 8 heteroatoms. The molecule has 1 unspecified atom stereocenters. The van der Waals surface area contributed by atoms with Crippen molar-refractivity contribution >= 4 is 29.1 Å². The molecule has 0 N–H and O–H groups in total. The first kappa shape index (κ1) is 24.2. The van der Waals surface area contributed by atoms with Gasteiger partial charge in [-0.05, 0) is 54.3 Å². The highest BCUT2D eigenvalue weighted by Crippen LogP contribution is 2.43. The monoisotopic (exact) mass is 522 g/mol. The summed E-state index contributed by atoms with van der Waals surface area (Å²) in [6, 6.07) is 18.7. The van der Waals surface area contributed by atoms with Gasteiger partial charge in [0.2, 0.25) is 0 Å². The van der Waals surface area contributed by atoms with Crippen molar-refractivity contribution in [3.63, 3.8) is 0 Å². The van der Waals surface area contributed by atoms with Crippen molar-refractivity contribution in [1.82, 2.24) is 10.1 Å². The van der Waals surface area contributed by atoms with Crippen molar-refractivity contribution in [2.45, 2.75) is 19.4 Å². The van der Waals surface area contributed by atoms with E-state index < -0.39 is 0 Å². The molecule has 1 aromatic heterocycles. The lowest BCUT2D eigenvalue weighted by atomic mass is 9.87. The molecule has 1 amide bonds. The van der Waals surface area contributed by atoms with Gasteiger partial charge in [-0.2, -0.15) is 0 Å². The van der Waals surface area contributed by atoms with E-state index in [0.29, 0.717) is 57.1 Å². The minimum atomic E-state index is -0.355. The molecule has 1 aliphatic heterocycles. The van der Waals surface area contributed by atoms with Crippen molar-refractivity contribution in [3.05, 3.63) is 98.7 Å². The number of carbonyl (C=O) groups is 1. The van der Waals surface area contributed by atoms with E-state index in [-0.39, 0.29) is 11.9 Å². The Morgan fingerprint density at radius 3 is 2.33 bits per heavy atom. The van der Waals surface area contributed by atoms with Crippen LogP contribution in [0.15, 0.2) is 65.2 Å². The van der Waals surface area contributed by atoms with Gasteiger partial charge in [-0.25, -0.2) is 0 Å². The predicted molar refractivity (Wildman–Crippen MR) is 139 cm³/mol. The van der Waals surface area contributed by atoms with Crippen molar-refractivity contribution in [3.8, 4) is 22.8 Å². The number of ether oxygens (including phenoxy) is 2. The van der Waals surface area contributed by atoms with Crippen LogP contribution in [0.2, 0.25) is 10.0 Å². The quantitative estimate of drug-likeness (QED) is 0.289. The zero-order valence-electron chi connectivity index (χ0n) is 20.0. The van der Waals surface area contributed by atoms with E-state index in [2.05, 4.69) is 5.16 Å². The number of aromatic nitrogens is 1. The first-order chi connectivity index (χ1) is 17.4. The van der Waals surface area contributed by atoms with Gasteiger partial charge in [0.25, 0.3) is 5.91 Å². The highest BCUT2D eigenvalue weighted by atomic mass is 35.5. The first-order valence-corrected chi connectivity index (χ1v) is 12.2. The molecule has 3 aromatic carbocycles. The molecule has 0 spiro atoms. The summed E-state index contributed by atoms with van der Waals surface area (Å²) in [6.07, 6.45) is 0.650. The number of nitrogens with zero attached hydrogens (tertiary/aromatic N) is 2. The van der Waals surface area contributed by atoms with E-state index in [1.54, 1.807) is 39.3 Å². The van der Waals surface area contributed by atoms with E-state index >= 15 is 0 Å². The zero-order chi connectivity index (χ0) is 25.4. The molecule has 5 rings (SSSR count). The average molecular weight is 523 g/mol. The number of fused-ring (bicyclic) bond motifs is 1. The third kappa shape index (κ3) is 4.10. The summed E-state index contributed by atoms with van der Waals surface area (Å²) >= 11 is 12.9. The van der Waals surface area contributed by atoms with E-state index in [1.807, 2.05) is 47.4 Å². The average Bonchev–Trinajstić information content (AvgIpc) is 3.27. The Bertz CT molecular complexity index is 1410. The fourth-order valence-electron chi connectivity index (χ4n) is 4.82. The zero-order valence-corrected chi connectivity index (χ0v) is 21.6. The number of hydrogen-bond donors (Lipinski definition) is 0. The van der Waals surface area contributed by atoms with E-state index in [9.17, 15) is 4.79 Å². The number of rotatable bonds is 5. The molecular weight excluding hydrogens is 499 g/mol. The van der Waals surface area contributed by atoms with E-state index in [1.165, 1.54) is 0 Å². The normalized spacial score (nSPS) is 14.9. The van der Waals surface area contributed by atoms with Gasteiger partial charge < -0.3 is 18.9 Å². The Morgan fingerprint density at radius 1 is 1.00 bits per heavy atom. The molecule has 2 heterocycles. The number of aryl methyl sites for hydroxylation is 1. The van der Waals surface area contributed by atoms with Gasteiger partial charge >= 0.3 is 0 Å². The number of carbonyl (C=O) groups excluding carboxylic acids is 1. The van der Waals surface area contributed by atoms with Gasteiger partial charge in [-0.3, -0.25) is 4.79 Å². The molecule has 0 saturated heterocycles. The summed E-state index contributed by atoms with van der Waals surface area (Å²) in [4.78, 5) is 16.1. The smallest absolute Gasteiger partial charge is 0.260 e. The van der Waals surface area contributed by atoms with Crippen molar-refractivity contribution < 1.29 is 18.8 Å². The summed E-state index contributed by atoms with van der Waals surface area (Å²) in [7, 11) is 3.22. The van der Waals surface area contributed by atoms with Crippen LogP contribution in [0.25, 0.3) is 11.3 Å². The van der Waals surface area contributed by atoms with E-state index in [4.69, 9.17) is 37.2 Å². The lowest BCUT2D eigenvalue weighted by molar-refractivity contribution is 0.0693. The summed E-state index contributed by atoms with van der Waals surface area (Å²) in [6.45, 7) is 2.21. The van der Waals surface area contributed by atoms with E-state index in [0.717, 1.165) is 16.7 Å². The first-order valence-electron chi connectivity index (χ1n) is 11.5. The number of hydrogen-bond acceptors (Lipinski definition) is 5. The molecular formula is C28H24Cl2N2O4. The summed E-state index contributed by atoms with van der Waals surface area (Å²) in [5.74, 6) is 1.45. The Morgan fingerprint density at radius 2 is 1.67 bits per heavy atom. The maximum absolute atomic E-state index is 14.3. The summed E-state index contributed by atoms with van der Waals surface area (Å²) < 4.78 is 16.6. The van der Waals surface area contributed by atoms with Gasteiger partial charge in [0.15, 0.2) is 11.5 Å². The molecule has 0 aliphatic carbocycles. The van der Waals surface area contributed by atoms with Crippen LogP contribution in [0.4, 0.5) is 0 Å². The molecule has 0 fully saturated rings. The predicted octanol–water partition coefficient (Wildman–Crippen LogP) is 6.76. The highest BCUT2D eigenvalue weighted by Gasteiger charge is 2.37. The van der Waals surface area contributed by atoms with Gasteiger partial charge in [0.1, 0.15) is 17.0 Å². The standard InChI is InChI=1S/C28H24Cl2N2O4/c1-16-24(26(31-36-16)25-20(29)10-7-11-21(25)30)28(33)32-13-12-18-14-22(34-2)23(35-3)15-19(18)27(32)17-8-5-4-6-9-17/h4-11,14-15,27H,12-13H2,1-3H3. The van der Waals surface area contributed by atoms with Gasteiger partial charge in [-0.15, -0.1) is 0 Å². The van der Waals surface area contributed by atoms with Crippen LogP contribution in [-0.2, 0) is 6.42 Å². The number of halogens is 2. The second-order valence-electron chi connectivity index (χ2n) is 8.53. The number of benzene rings is 3. The van der Waals surface area contributed by atoms with Crippen LogP contribution in [0.3, 0.4) is 0 Å². The maximum atomic E-state index is 14.3. The summed E-state index contributed by atoms with van der Waals surface area (Å²) in [5, 5.41) is 4.98. The Kier molecular flexibility index (Phi) is 6.65. The molecule has 6 nitrogen and oxygen atoms in total. The SMILES string of the molecule is COc1cc2c(cc1OC)C(c1ccccc1)N(C(=O)c1c(-c3c(Cl)cccc3Cl)noc1C)CC2. The van der Waals surface area contributed by atoms with Crippen LogP contribution in [0.5, 0.6) is 11.5 Å². The second-order valence-corrected chi connectivity index (χ2v) is 9.34. The number of amides is 1. The minimum absolute atomic E-state index is 0.214. The van der Waals surface area contributed by atoms with Crippen LogP contribution in [-0.4, -0.2) is 36.7 Å². The molecule has 0 radical (unpaired) electrons. The molecule has 184 valence electrons. The topological polar surface area (TPSA) is 64.8 Å². The molecule has 4 aromatic rings. The number of methoxy groups -OCH3 is 2. The molecule has 36 heavy (non-hydrogen) atoms. The third-order valence-electron chi connectivity index (χ3n) is 6.53. The van der Waals surface area contributed by atoms with Crippen LogP contribution in [0, 0.1) is 6.92 Å². The Hall–Kier alpha value is -3.48. The van der Waals surface area contributed by atoms with Crippen LogP contribution < -0.4 is 9.47 Å². The fourth-order valence-corrected chi connectivity index (χ4v) is 5.40. The Balaban J connectivity index is 1.66. The minimum Gasteiger partial charge on any atom is -0.493 e. The van der Waals surface area contributed by atoms with Crippen molar-refractivity contribution in [1.29, 1.82) is 0 Å². The van der Waals surface area contributed by atoms with Crippen molar-refractivity contribution in [2.75, 3.05) is 20.8 Å². The Labute approximate surface area is 219 Å². The fraction of sp³-hybridized carbons (Fsp3) is 0.214. The van der Waals surface area contributed by atoms with Gasteiger partial charge in [0.05, 0.1) is 30.3 Å². The van der Waals surface area contributed by atoms with Gasteiger partial charge in [0, 0.05) is 12.1 Å². The van der Waals surface area contributed by atoms with Crippen molar-refractivity contribution in [2.24, 2.45) is 0 Å². The summed E-state index contributed by atoms with van der Waals surface area (Å²) in [5.41, 5.74) is 4.20. The highest BCUT2D eigenvalue weighted by molar-refractivity contribution is 6.39. The second kappa shape index (κ2) is 9.88. The lowest BCUT2D eigenvalue weighted by Gasteiger charge is -2.38. The molecule has 0 saturated carbocycles. The third-order valence-corrected chi connectivity index (χ3v) is 7.16.